The standard InChI is InChI=1S/C8H7N7OS/c9-6(16)4-1-2-5(13-12-4)15-3-11-8(14-15)7(10)17/h1-3H,(H2,9,16)(H2,10,17). The van der Waals surface area contributed by atoms with Crippen molar-refractivity contribution in [3.63, 3.8) is 0 Å². The third-order valence-corrected chi connectivity index (χ3v) is 2.03. The van der Waals surface area contributed by atoms with Gasteiger partial charge >= 0.3 is 0 Å². The van der Waals surface area contributed by atoms with Crippen molar-refractivity contribution in [3.05, 3.63) is 30.0 Å². The maximum Gasteiger partial charge on any atom is 0.269 e. The van der Waals surface area contributed by atoms with Crippen LogP contribution in [-0.2, 0) is 0 Å². The number of carbonyl (C=O) groups excluding carboxylic acids is 1. The summed E-state index contributed by atoms with van der Waals surface area (Å²) in [7, 11) is 0. The van der Waals surface area contributed by atoms with Crippen LogP contribution in [0.15, 0.2) is 18.5 Å². The van der Waals surface area contributed by atoms with Crippen LogP contribution in [0, 0.1) is 0 Å². The second kappa shape index (κ2) is 4.22. The molecule has 0 aliphatic rings. The molecule has 4 N–H and O–H groups in total. The Morgan fingerprint density at radius 2 is 2.06 bits per heavy atom. The van der Waals surface area contributed by atoms with E-state index in [9.17, 15) is 4.79 Å². The number of nitrogens with two attached hydrogens (primary N) is 2. The van der Waals surface area contributed by atoms with Crippen molar-refractivity contribution in [1.29, 1.82) is 0 Å². The summed E-state index contributed by atoms with van der Waals surface area (Å²) in [6.45, 7) is 0. The van der Waals surface area contributed by atoms with Crippen LogP contribution in [0.3, 0.4) is 0 Å². The van der Waals surface area contributed by atoms with Gasteiger partial charge in [0.05, 0.1) is 0 Å². The first-order valence-electron chi connectivity index (χ1n) is 4.43. The number of thiocarbonyl (C=S) groups is 1. The van der Waals surface area contributed by atoms with Crippen molar-refractivity contribution < 1.29 is 4.79 Å². The summed E-state index contributed by atoms with van der Waals surface area (Å²) in [5, 5.41) is 11.4. The number of hydrogen-bond donors (Lipinski definition) is 2. The SMILES string of the molecule is NC(=O)c1ccc(-n2cnc(C(N)=S)n2)nn1. The van der Waals surface area contributed by atoms with Gasteiger partial charge in [-0.25, -0.2) is 9.67 Å². The molecule has 0 aromatic carbocycles. The molecule has 0 spiro atoms. The molecule has 1 amide bonds. The second-order valence-corrected chi connectivity index (χ2v) is 3.46. The highest BCUT2D eigenvalue weighted by atomic mass is 32.1. The summed E-state index contributed by atoms with van der Waals surface area (Å²) in [4.78, 5) is 14.8. The fraction of sp³-hybridized carbons (Fsp3) is 0. The number of rotatable bonds is 3. The molecule has 2 heterocycles. The fourth-order valence-electron chi connectivity index (χ4n) is 1.07. The van der Waals surface area contributed by atoms with E-state index < -0.39 is 5.91 Å². The van der Waals surface area contributed by atoms with Gasteiger partial charge in [-0.3, -0.25) is 4.79 Å². The highest BCUT2D eigenvalue weighted by Gasteiger charge is 2.08. The number of hydrogen-bond acceptors (Lipinski definition) is 6. The molecule has 9 heteroatoms. The molecular formula is C8H7N7OS. The molecule has 86 valence electrons. The van der Waals surface area contributed by atoms with Gasteiger partial charge in [0.2, 0.25) is 5.82 Å². The Hall–Kier alpha value is -2.42. The maximum absolute atomic E-state index is 10.8. The minimum Gasteiger partial charge on any atom is -0.387 e. The lowest BCUT2D eigenvalue weighted by molar-refractivity contribution is 0.0994. The number of primary amides is 1. The van der Waals surface area contributed by atoms with E-state index in [1.807, 2.05) is 0 Å². The molecule has 2 aromatic heterocycles. The molecule has 0 unspecified atom stereocenters. The molecule has 2 aromatic rings. The lowest BCUT2D eigenvalue weighted by Crippen LogP contribution is -2.15. The third-order valence-electron chi connectivity index (χ3n) is 1.85. The van der Waals surface area contributed by atoms with Crippen LogP contribution < -0.4 is 11.5 Å². The topological polar surface area (TPSA) is 126 Å². The molecule has 0 atom stereocenters. The Balaban J connectivity index is 2.33. The normalized spacial score (nSPS) is 10.1. The van der Waals surface area contributed by atoms with Crippen LogP contribution in [0.1, 0.15) is 16.3 Å². The van der Waals surface area contributed by atoms with E-state index in [-0.39, 0.29) is 16.5 Å². The van der Waals surface area contributed by atoms with Crippen LogP contribution in [0.25, 0.3) is 5.82 Å². The third kappa shape index (κ3) is 2.23. The summed E-state index contributed by atoms with van der Waals surface area (Å²) in [6.07, 6.45) is 1.39. The van der Waals surface area contributed by atoms with Gasteiger partial charge in [-0.1, -0.05) is 12.2 Å². The molecule has 0 aliphatic heterocycles. The lowest BCUT2D eigenvalue weighted by atomic mass is 10.4. The minimum atomic E-state index is -0.647. The number of carbonyl (C=O) groups is 1. The Morgan fingerprint density at radius 3 is 2.53 bits per heavy atom. The average Bonchev–Trinajstić information content (AvgIpc) is 2.78. The van der Waals surface area contributed by atoms with Crippen LogP contribution in [0.2, 0.25) is 0 Å². The van der Waals surface area contributed by atoms with Crippen LogP contribution in [0.5, 0.6) is 0 Å². The van der Waals surface area contributed by atoms with E-state index in [1.165, 1.54) is 23.1 Å². The minimum absolute atomic E-state index is 0.0726. The molecule has 2 rings (SSSR count). The first kappa shape index (κ1) is 11.1. The van der Waals surface area contributed by atoms with Gasteiger partial charge in [-0.15, -0.1) is 15.3 Å². The van der Waals surface area contributed by atoms with Crippen molar-refractivity contribution in [2.45, 2.75) is 0 Å². The van der Waals surface area contributed by atoms with Gasteiger partial charge in [-0.05, 0) is 12.1 Å². The Kier molecular flexibility index (Phi) is 2.75. The molecular weight excluding hydrogens is 242 g/mol. The second-order valence-electron chi connectivity index (χ2n) is 3.02. The zero-order chi connectivity index (χ0) is 12.4. The molecule has 8 nitrogen and oxygen atoms in total. The van der Waals surface area contributed by atoms with Crippen molar-refractivity contribution in [1.82, 2.24) is 25.0 Å². The fourth-order valence-corrected chi connectivity index (χ4v) is 1.16. The Bertz CT molecular complexity index is 576. The van der Waals surface area contributed by atoms with Crippen LogP contribution in [-0.4, -0.2) is 35.9 Å². The lowest BCUT2D eigenvalue weighted by Gasteiger charge is -1.98. The van der Waals surface area contributed by atoms with Crippen molar-refractivity contribution in [2.75, 3.05) is 0 Å². The number of nitrogens with zero attached hydrogens (tertiary/aromatic N) is 5. The van der Waals surface area contributed by atoms with E-state index in [2.05, 4.69) is 20.3 Å². The zero-order valence-corrected chi connectivity index (χ0v) is 9.26. The summed E-state index contributed by atoms with van der Waals surface area (Å²) < 4.78 is 1.34. The predicted molar refractivity (Wildman–Crippen MR) is 61.4 cm³/mol. The van der Waals surface area contributed by atoms with Gasteiger partial charge in [0, 0.05) is 0 Å². The molecule has 0 fully saturated rings. The highest BCUT2D eigenvalue weighted by molar-refractivity contribution is 7.80. The summed E-state index contributed by atoms with van der Waals surface area (Å²) >= 11 is 4.72. The smallest absolute Gasteiger partial charge is 0.269 e. The van der Waals surface area contributed by atoms with Gasteiger partial charge in [0.25, 0.3) is 5.91 Å². The van der Waals surface area contributed by atoms with Crippen molar-refractivity contribution in [2.24, 2.45) is 11.5 Å². The predicted octanol–water partition coefficient (Wildman–Crippen LogP) is -1.21. The van der Waals surface area contributed by atoms with E-state index in [0.717, 1.165) is 0 Å². The molecule has 0 saturated heterocycles. The van der Waals surface area contributed by atoms with Crippen LogP contribution in [0.4, 0.5) is 0 Å². The summed E-state index contributed by atoms with van der Waals surface area (Å²) in [6, 6.07) is 2.97. The van der Waals surface area contributed by atoms with Crippen molar-refractivity contribution >= 4 is 23.1 Å². The van der Waals surface area contributed by atoms with Crippen molar-refractivity contribution in [3.8, 4) is 5.82 Å². The van der Waals surface area contributed by atoms with E-state index in [4.69, 9.17) is 23.7 Å². The summed E-state index contributed by atoms with van der Waals surface area (Å²) in [5.41, 5.74) is 10.5. The van der Waals surface area contributed by atoms with E-state index >= 15 is 0 Å². The summed E-state index contributed by atoms with van der Waals surface area (Å²) in [5.74, 6) is -0.0303. The van der Waals surface area contributed by atoms with Gasteiger partial charge < -0.3 is 11.5 Å². The van der Waals surface area contributed by atoms with E-state index in [1.54, 1.807) is 0 Å². The average molecular weight is 249 g/mol. The van der Waals surface area contributed by atoms with E-state index in [0.29, 0.717) is 5.82 Å². The van der Waals surface area contributed by atoms with Gasteiger partial charge in [-0.2, -0.15) is 0 Å². The Labute approximate surface area is 101 Å². The quantitative estimate of drug-likeness (QED) is 0.653. The first-order chi connectivity index (χ1) is 8.08. The monoisotopic (exact) mass is 249 g/mol. The van der Waals surface area contributed by atoms with Crippen LogP contribution >= 0.6 is 12.2 Å². The number of amides is 1. The molecule has 0 aliphatic carbocycles. The largest absolute Gasteiger partial charge is 0.387 e. The van der Waals surface area contributed by atoms with Gasteiger partial charge in [0.1, 0.15) is 11.3 Å². The number of aromatic nitrogens is 5. The molecule has 17 heavy (non-hydrogen) atoms. The maximum atomic E-state index is 10.8. The first-order valence-corrected chi connectivity index (χ1v) is 4.84. The molecule has 0 bridgehead atoms. The zero-order valence-electron chi connectivity index (χ0n) is 8.44. The molecule has 0 radical (unpaired) electrons. The highest BCUT2D eigenvalue weighted by Crippen LogP contribution is 2.02. The Morgan fingerprint density at radius 1 is 1.29 bits per heavy atom. The molecule has 0 saturated carbocycles. The van der Waals surface area contributed by atoms with Gasteiger partial charge in [0.15, 0.2) is 11.5 Å².